The van der Waals surface area contributed by atoms with E-state index in [1.165, 1.54) is 0 Å². The SMILES string of the molecule is C=C/C(=C\[C](=[Ni])C(N)=O)NC(=O)[C@@H]1O[C@](C)(C(F)(F)F)[C@H](C)[C@H]1c1ccc(F)c(F)c1OC(F)F. The van der Waals surface area contributed by atoms with Crippen molar-refractivity contribution >= 4 is 16.3 Å². The number of rotatable bonds is 8. The number of primary amides is 1. The number of nitrogens with one attached hydrogen (secondary N) is 1. The van der Waals surface area contributed by atoms with E-state index in [9.17, 15) is 40.3 Å². The molecule has 2 amide bonds. The van der Waals surface area contributed by atoms with Gasteiger partial charge in [-0.15, -0.1) is 0 Å². The maximum absolute atomic E-state index is 14.4. The van der Waals surface area contributed by atoms with Crippen molar-refractivity contribution < 1.29 is 64.8 Å². The summed E-state index contributed by atoms with van der Waals surface area (Å²) in [7, 11) is 0. The van der Waals surface area contributed by atoms with E-state index in [-0.39, 0.29) is 5.70 Å². The monoisotopic (exact) mass is 554 g/mol. The van der Waals surface area contributed by atoms with E-state index in [1.54, 1.807) is 0 Å². The first kappa shape index (κ1) is 28.5. The third-order valence-corrected chi connectivity index (χ3v) is 5.94. The molecule has 0 aliphatic carbocycles. The van der Waals surface area contributed by atoms with Gasteiger partial charge in [0.15, 0.2) is 0 Å². The van der Waals surface area contributed by atoms with Crippen LogP contribution in [0, 0.1) is 17.6 Å². The molecule has 1 aliphatic rings. The van der Waals surface area contributed by atoms with E-state index in [4.69, 9.17) is 10.5 Å². The summed E-state index contributed by atoms with van der Waals surface area (Å²) < 4.78 is 105. The Balaban J connectivity index is 2.64. The molecule has 0 bridgehead atoms. The van der Waals surface area contributed by atoms with Gasteiger partial charge in [-0.2, -0.15) is 0 Å². The minimum atomic E-state index is -5.06. The molecule has 3 N–H and O–H groups in total. The molecule has 196 valence electrons. The Bertz CT molecular complexity index is 1080. The Morgan fingerprint density at radius 3 is 2.40 bits per heavy atom. The van der Waals surface area contributed by atoms with Crippen molar-refractivity contribution in [3.8, 4) is 5.75 Å². The van der Waals surface area contributed by atoms with Crippen molar-refractivity contribution in [2.45, 2.75) is 44.3 Å². The number of halogens is 7. The molecule has 0 saturated carbocycles. The fraction of sp³-hybridized carbons (Fsp3) is 0.381. The first-order valence-electron chi connectivity index (χ1n) is 9.66. The number of carbonyl (C=O) groups excluding carboxylic acids is 2. The molecule has 6 nitrogen and oxygen atoms in total. The van der Waals surface area contributed by atoms with Crippen LogP contribution in [0.5, 0.6) is 5.75 Å². The van der Waals surface area contributed by atoms with E-state index < -0.39 is 75.6 Å². The van der Waals surface area contributed by atoms with Crippen LogP contribution in [0.2, 0.25) is 0 Å². The van der Waals surface area contributed by atoms with Gasteiger partial charge in [-0.1, -0.05) is 0 Å². The van der Waals surface area contributed by atoms with Crippen molar-refractivity contribution in [3.63, 3.8) is 0 Å². The average Bonchev–Trinajstić information content (AvgIpc) is 3.02. The molecule has 0 spiro atoms. The second-order valence-electron chi connectivity index (χ2n) is 7.59. The van der Waals surface area contributed by atoms with Gasteiger partial charge in [0, 0.05) is 0 Å². The Morgan fingerprint density at radius 1 is 1.31 bits per heavy atom. The number of ether oxygens (including phenoxy) is 2. The van der Waals surface area contributed by atoms with Crippen LogP contribution in [0.1, 0.15) is 25.3 Å². The Kier molecular flexibility index (Phi) is 8.54. The number of allylic oxidation sites excluding steroid dienone is 1. The predicted molar refractivity (Wildman–Crippen MR) is 105 cm³/mol. The van der Waals surface area contributed by atoms with E-state index in [0.29, 0.717) is 13.0 Å². The molecule has 1 aliphatic heterocycles. The van der Waals surface area contributed by atoms with Crippen molar-refractivity contribution in [2.24, 2.45) is 11.7 Å². The molecule has 14 heteroatoms. The topological polar surface area (TPSA) is 90.7 Å². The second-order valence-corrected chi connectivity index (χ2v) is 8.12. The van der Waals surface area contributed by atoms with Gasteiger partial charge in [0.2, 0.25) is 0 Å². The van der Waals surface area contributed by atoms with Crippen LogP contribution in [-0.4, -0.2) is 40.8 Å². The van der Waals surface area contributed by atoms with Gasteiger partial charge in [-0.05, 0) is 0 Å². The number of amides is 2. The van der Waals surface area contributed by atoms with Crippen LogP contribution in [0.3, 0.4) is 0 Å². The summed E-state index contributed by atoms with van der Waals surface area (Å²) in [5, 5.41) is 2.16. The van der Waals surface area contributed by atoms with Crippen LogP contribution in [0.25, 0.3) is 0 Å². The third-order valence-electron chi connectivity index (χ3n) is 5.55. The Labute approximate surface area is 202 Å². The predicted octanol–water partition coefficient (Wildman–Crippen LogP) is 3.40. The van der Waals surface area contributed by atoms with E-state index in [2.05, 4.69) is 31.7 Å². The summed E-state index contributed by atoms with van der Waals surface area (Å²) in [5.41, 5.74) is 1.13. The van der Waals surface area contributed by atoms with Gasteiger partial charge in [-0.3, -0.25) is 0 Å². The van der Waals surface area contributed by atoms with Crippen LogP contribution >= 0.6 is 0 Å². The molecular weight excluding hydrogens is 536 g/mol. The molecule has 0 aromatic heterocycles. The van der Waals surface area contributed by atoms with Crippen LogP contribution in [-0.2, 0) is 29.4 Å². The fourth-order valence-electron chi connectivity index (χ4n) is 3.60. The third kappa shape index (κ3) is 5.75. The Hall–Kier alpha value is -2.73. The summed E-state index contributed by atoms with van der Waals surface area (Å²) in [6, 6.07) is 1.23. The van der Waals surface area contributed by atoms with Gasteiger partial charge >= 0.3 is 202 Å². The fourth-order valence-corrected chi connectivity index (χ4v) is 3.75. The molecule has 1 heterocycles. The second kappa shape index (κ2) is 10.5. The first-order chi connectivity index (χ1) is 16.0. The zero-order valence-electron chi connectivity index (χ0n) is 18.0. The number of hydrogen-bond donors (Lipinski definition) is 2. The zero-order chi connectivity index (χ0) is 26.9. The Morgan fingerprint density at radius 2 is 1.91 bits per heavy atom. The van der Waals surface area contributed by atoms with E-state index in [1.807, 2.05) is 0 Å². The molecule has 0 unspecified atom stereocenters. The molecule has 1 fully saturated rings. The average molecular weight is 555 g/mol. The van der Waals surface area contributed by atoms with Crippen molar-refractivity contribution in [3.05, 3.63) is 53.8 Å². The number of alkyl halides is 5. The van der Waals surface area contributed by atoms with Crippen LogP contribution < -0.4 is 15.8 Å². The molecule has 35 heavy (non-hydrogen) atoms. The summed E-state index contributed by atoms with van der Waals surface area (Å²) in [6.07, 6.45) is -5.20. The molecule has 4 atom stereocenters. The van der Waals surface area contributed by atoms with Crippen molar-refractivity contribution in [1.82, 2.24) is 5.32 Å². The number of benzene rings is 1. The molecule has 1 saturated heterocycles. The molecule has 1 aromatic carbocycles. The minimum absolute atomic E-state index is 0.236. The van der Waals surface area contributed by atoms with Crippen LogP contribution in [0.15, 0.2) is 36.6 Å². The van der Waals surface area contributed by atoms with Crippen molar-refractivity contribution in [1.29, 1.82) is 0 Å². The van der Waals surface area contributed by atoms with E-state index >= 15 is 0 Å². The standard InChI is InChI=1S/C21H19F7N2O4.Ni/c1-4-10(5-8-13(29)31)30-18(32)17-14(9(2)20(3,34-17)21(26,27)28)11-6-7-12(22)15(23)16(11)33-19(24)25;/h4-7,9,14,17,19H,1H2,2-3H3,(H2,29,31)(H,30,32);/b10-5+;/t9-,14+,17-,20+;/m1./s1. The van der Waals surface area contributed by atoms with Gasteiger partial charge in [0.05, 0.1) is 0 Å². The first-order valence-corrected chi connectivity index (χ1v) is 10.2. The molecule has 1 aromatic rings. The van der Waals surface area contributed by atoms with E-state index in [0.717, 1.165) is 25.1 Å². The van der Waals surface area contributed by atoms with Gasteiger partial charge in [-0.25, -0.2) is 0 Å². The zero-order valence-corrected chi connectivity index (χ0v) is 19.0. The van der Waals surface area contributed by atoms with Gasteiger partial charge in [0.25, 0.3) is 0 Å². The molecule has 2 rings (SSSR count). The summed E-state index contributed by atoms with van der Waals surface area (Å²) >= 11 is 4.36. The number of nitrogens with two attached hydrogens (primary N) is 1. The summed E-state index contributed by atoms with van der Waals surface area (Å²) in [6.45, 7) is 1.35. The summed E-state index contributed by atoms with van der Waals surface area (Å²) in [5.74, 6) is -10.5. The maximum atomic E-state index is 14.4. The van der Waals surface area contributed by atoms with Gasteiger partial charge < -0.3 is 0 Å². The van der Waals surface area contributed by atoms with Crippen molar-refractivity contribution in [2.75, 3.05) is 0 Å². The van der Waals surface area contributed by atoms with Crippen LogP contribution in [0.4, 0.5) is 30.7 Å². The molecular formula is C21H19F7N2NiO4. The normalized spacial score (nSPS) is 24.9. The summed E-state index contributed by atoms with van der Waals surface area (Å²) in [4.78, 5) is 24.2. The van der Waals surface area contributed by atoms with Gasteiger partial charge in [0.1, 0.15) is 0 Å². The number of hydrogen-bond acceptors (Lipinski definition) is 4. The quantitative estimate of drug-likeness (QED) is 0.293. The molecule has 0 radical (unpaired) electrons. The number of carbonyl (C=O) groups is 2.